The van der Waals surface area contributed by atoms with E-state index in [-0.39, 0.29) is 5.91 Å². The fourth-order valence-corrected chi connectivity index (χ4v) is 2.35. The third-order valence-corrected chi connectivity index (χ3v) is 3.23. The van der Waals surface area contributed by atoms with Crippen molar-refractivity contribution in [3.8, 4) is 0 Å². The van der Waals surface area contributed by atoms with Gasteiger partial charge in [-0.2, -0.15) is 0 Å². The molecule has 0 aliphatic rings. The molecule has 2 aromatic rings. The van der Waals surface area contributed by atoms with Crippen LogP contribution in [0.25, 0.3) is 0 Å². The van der Waals surface area contributed by atoms with Crippen LogP contribution >= 0.6 is 22.9 Å². The Morgan fingerprint density at radius 3 is 2.94 bits per heavy atom. The molecule has 0 bridgehead atoms. The van der Waals surface area contributed by atoms with E-state index in [2.05, 4.69) is 5.32 Å². The predicted molar refractivity (Wildman–Crippen MR) is 63.6 cm³/mol. The number of nitrogens with one attached hydrogen (secondary N) is 1. The Labute approximate surface area is 102 Å². The molecule has 2 aromatic heterocycles. The minimum Gasteiger partial charge on any atom is -0.467 e. The maximum absolute atomic E-state index is 11.5. The number of rotatable bonds is 4. The monoisotopic (exact) mass is 255 g/mol. The standard InChI is InChI=1S/C11H10ClNO2S/c12-10-4-3-9(16-10)6-11(14)13-7-8-2-1-5-15-8/h1-5H,6-7H2,(H,13,14). The summed E-state index contributed by atoms with van der Waals surface area (Å²) in [4.78, 5) is 12.5. The largest absolute Gasteiger partial charge is 0.467 e. The molecular weight excluding hydrogens is 246 g/mol. The highest BCUT2D eigenvalue weighted by atomic mass is 35.5. The minimum absolute atomic E-state index is 0.0325. The van der Waals surface area contributed by atoms with E-state index in [1.807, 2.05) is 12.1 Å². The quantitative estimate of drug-likeness (QED) is 0.913. The van der Waals surface area contributed by atoms with E-state index in [0.29, 0.717) is 17.3 Å². The van der Waals surface area contributed by atoms with E-state index in [1.165, 1.54) is 11.3 Å². The molecule has 2 rings (SSSR count). The van der Waals surface area contributed by atoms with Gasteiger partial charge in [0.2, 0.25) is 5.91 Å². The Hall–Kier alpha value is -1.26. The van der Waals surface area contributed by atoms with Crippen LogP contribution in [0, 0.1) is 0 Å². The summed E-state index contributed by atoms with van der Waals surface area (Å²) in [6.45, 7) is 0.422. The molecule has 0 fully saturated rings. The molecular formula is C11H10ClNO2S. The van der Waals surface area contributed by atoms with E-state index < -0.39 is 0 Å². The van der Waals surface area contributed by atoms with E-state index >= 15 is 0 Å². The highest BCUT2D eigenvalue weighted by Crippen LogP contribution is 2.21. The van der Waals surface area contributed by atoms with Gasteiger partial charge in [0, 0.05) is 4.88 Å². The molecule has 0 aromatic carbocycles. The van der Waals surface area contributed by atoms with Crippen LogP contribution < -0.4 is 5.32 Å². The van der Waals surface area contributed by atoms with Crippen LogP contribution in [0.1, 0.15) is 10.6 Å². The highest BCUT2D eigenvalue weighted by molar-refractivity contribution is 7.16. The lowest BCUT2D eigenvalue weighted by Gasteiger charge is -2.01. The molecule has 0 aliphatic carbocycles. The van der Waals surface area contributed by atoms with Crippen molar-refractivity contribution in [2.75, 3.05) is 0 Å². The number of carbonyl (C=O) groups excluding carboxylic acids is 1. The summed E-state index contributed by atoms with van der Waals surface area (Å²) in [6.07, 6.45) is 1.94. The van der Waals surface area contributed by atoms with Crippen molar-refractivity contribution in [3.05, 3.63) is 45.5 Å². The number of furan rings is 1. The topological polar surface area (TPSA) is 42.2 Å². The molecule has 0 atom stereocenters. The molecule has 0 radical (unpaired) electrons. The van der Waals surface area contributed by atoms with Crippen molar-refractivity contribution in [3.63, 3.8) is 0 Å². The number of hydrogen-bond donors (Lipinski definition) is 1. The molecule has 0 unspecified atom stereocenters. The van der Waals surface area contributed by atoms with Crippen LogP contribution in [0.4, 0.5) is 0 Å². The van der Waals surface area contributed by atoms with Crippen LogP contribution in [0.15, 0.2) is 34.9 Å². The van der Waals surface area contributed by atoms with Gasteiger partial charge < -0.3 is 9.73 Å². The van der Waals surface area contributed by atoms with Crippen molar-refractivity contribution >= 4 is 28.8 Å². The van der Waals surface area contributed by atoms with Crippen molar-refractivity contribution in [2.24, 2.45) is 0 Å². The second-order valence-corrected chi connectivity index (χ2v) is 5.04. The Balaban J connectivity index is 1.81. The van der Waals surface area contributed by atoms with Gasteiger partial charge in [0.25, 0.3) is 0 Å². The first kappa shape index (κ1) is 11.2. The lowest BCUT2D eigenvalue weighted by atomic mass is 10.3. The van der Waals surface area contributed by atoms with Crippen LogP contribution in [-0.2, 0) is 17.8 Å². The smallest absolute Gasteiger partial charge is 0.225 e. The minimum atomic E-state index is -0.0325. The molecule has 0 spiro atoms. The van der Waals surface area contributed by atoms with Gasteiger partial charge in [-0.1, -0.05) is 11.6 Å². The summed E-state index contributed by atoms with van der Waals surface area (Å²) in [6, 6.07) is 7.27. The van der Waals surface area contributed by atoms with Gasteiger partial charge in [-0.05, 0) is 24.3 Å². The average molecular weight is 256 g/mol. The first-order chi connectivity index (χ1) is 7.74. The van der Waals surface area contributed by atoms with E-state index in [4.69, 9.17) is 16.0 Å². The Bertz CT molecular complexity index is 464. The summed E-state index contributed by atoms with van der Waals surface area (Å²) in [7, 11) is 0. The highest BCUT2D eigenvalue weighted by Gasteiger charge is 2.06. The van der Waals surface area contributed by atoms with Crippen molar-refractivity contribution in [1.82, 2.24) is 5.32 Å². The zero-order valence-corrected chi connectivity index (χ0v) is 9.98. The number of carbonyl (C=O) groups is 1. The zero-order valence-electron chi connectivity index (χ0n) is 8.40. The number of amides is 1. The second-order valence-electron chi connectivity index (χ2n) is 3.24. The number of hydrogen-bond acceptors (Lipinski definition) is 3. The van der Waals surface area contributed by atoms with Gasteiger partial charge in [0.15, 0.2) is 0 Å². The van der Waals surface area contributed by atoms with Crippen LogP contribution in [-0.4, -0.2) is 5.91 Å². The van der Waals surface area contributed by atoms with Gasteiger partial charge in [-0.15, -0.1) is 11.3 Å². The molecule has 1 amide bonds. The average Bonchev–Trinajstić information content (AvgIpc) is 2.87. The first-order valence-electron chi connectivity index (χ1n) is 4.77. The van der Waals surface area contributed by atoms with Gasteiger partial charge >= 0.3 is 0 Å². The maximum Gasteiger partial charge on any atom is 0.225 e. The van der Waals surface area contributed by atoms with Gasteiger partial charge in [-0.25, -0.2) is 0 Å². The van der Waals surface area contributed by atoms with Crippen LogP contribution in [0.5, 0.6) is 0 Å². The number of thiophene rings is 1. The molecule has 0 aliphatic heterocycles. The SMILES string of the molecule is O=C(Cc1ccc(Cl)s1)NCc1ccco1. The van der Waals surface area contributed by atoms with E-state index in [9.17, 15) is 4.79 Å². The summed E-state index contributed by atoms with van der Waals surface area (Å²) in [5, 5.41) is 2.77. The molecule has 84 valence electrons. The van der Waals surface area contributed by atoms with Crippen molar-refractivity contribution < 1.29 is 9.21 Å². The normalized spacial score (nSPS) is 10.3. The van der Waals surface area contributed by atoms with E-state index in [1.54, 1.807) is 18.4 Å². The second kappa shape index (κ2) is 5.18. The molecule has 3 nitrogen and oxygen atoms in total. The fraction of sp³-hybridized carbons (Fsp3) is 0.182. The Kier molecular flexibility index (Phi) is 3.64. The van der Waals surface area contributed by atoms with Crippen LogP contribution in [0.3, 0.4) is 0 Å². The van der Waals surface area contributed by atoms with Crippen molar-refractivity contribution in [2.45, 2.75) is 13.0 Å². The third-order valence-electron chi connectivity index (χ3n) is 2.00. The summed E-state index contributed by atoms with van der Waals surface area (Å²) in [5.41, 5.74) is 0. The molecule has 2 heterocycles. The van der Waals surface area contributed by atoms with E-state index in [0.717, 1.165) is 10.6 Å². The Morgan fingerprint density at radius 2 is 2.31 bits per heavy atom. The fourth-order valence-electron chi connectivity index (χ4n) is 1.27. The van der Waals surface area contributed by atoms with Crippen molar-refractivity contribution in [1.29, 1.82) is 0 Å². The summed E-state index contributed by atoms with van der Waals surface area (Å²) in [5.74, 6) is 0.715. The predicted octanol–water partition coefficient (Wildman–Crippen LogP) is 2.85. The zero-order chi connectivity index (χ0) is 11.4. The van der Waals surface area contributed by atoms with Gasteiger partial charge in [-0.3, -0.25) is 4.79 Å². The van der Waals surface area contributed by atoms with Crippen LogP contribution in [0.2, 0.25) is 4.34 Å². The first-order valence-corrected chi connectivity index (χ1v) is 5.97. The third kappa shape index (κ3) is 3.12. The molecule has 16 heavy (non-hydrogen) atoms. The molecule has 5 heteroatoms. The number of halogens is 1. The molecule has 1 N–H and O–H groups in total. The maximum atomic E-state index is 11.5. The Morgan fingerprint density at radius 1 is 1.44 bits per heavy atom. The lowest BCUT2D eigenvalue weighted by molar-refractivity contribution is -0.120. The van der Waals surface area contributed by atoms with Gasteiger partial charge in [0.05, 0.1) is 23.6 Å². The summed E-state index contributed by atoms with van der Waals surface area (Å²) < 4.78 is 5.81. The van der Waals surface area contributed by atoms with Gasteiger partial charge in [0.1, 0.15) is 5.76 Å². The molecule has 0 saturated carbocycles. The summed E-state index contributed by atoms with van der Waals surface area (Å²) >= 11 is 7.19. The lowest BCUT2D eigenvalue weighted by Crippen LogP contribution is -2.23. The molecule has 0 saturated heterocycles.